The predicted molar refractivity (Wildman–Crippen MR) is 26.2 cm³/mol. The molecule has 1 N–H and O–H groups in total. The molecule has 0 amide bonds. The summed E-state index contributed by atoms with van der Waals surface area (Å²) in [7, 11) is 1.11. The molecule has 2 radical (unpaired) electrons. The van der Waals surface area contributed by atoms with Gasteiger partial charge in [0.2, 0.25) is 0 Å². The van der Waals surface area contributed by atoms with Crippen molar-refractivity contribution in [2.45, 2.75) is 6.04 Å². The first kappa shape index (κ1) is 3.71. The van der Waals surface area contributed by atoms with Crippen molar-refractivity contribution in [3.05, 3.63) is 0 Å². The number of hydrogen-bond donors (Lipinski definition) is 1. The third-order valence-electron chi connectivity index (χ3n) is 0.473. The van der Waals surface area contributed by atoms with Gasteiger partial charge in [-0.05, 0) is 6.04 Å². The standard InChI is InChI=1S/C2H5NSSi/c1-2-5-4-3-1/h3H,1-2H2. The van der Waals surface area contributed by atoms with E-state index in [1.54, 1.807) is 0 Å². The summed E-state index contributed by atoms with van der Waals surface area (Å²) >= 11 is 1.85. The summed E-state index contributed by atoms with van der Waals surface area (Å²) in [6.07, 6.45) is 0. The van der Waals surface area contributed by atoms with Crippen molar-refractivity contribution < 1.29 is 0 Å². The highest BCUT2D eigenvalue weighted by Gasteiger charge is 1.96. The highest BCUT2D eigenvalue weighted by atomic mass is 32.4. The van der Waals surface area contributed by atoms with Crippen molar-refractivity contribution in [3.8, 4) is 0 Å². The average Bonchev–Trinajstić information content (AvgIpc) is 1.76. The normalized spacial score (nSPS) is 24.0. The third kappa shape index (κ3) is 0.946. The van der Waals surface area contributed by atoms with Gasteiger partial charge in [0.25, 0.3) is 0 Å². The van der Waals surface area contributed by atoms with E-state index in [2.05, 4.69) is 4.72 Å². The van der Waals surface area contributed by atoms with E-state index >= 15 is 0 Å². The molecule has 1 saturated heterocycles. The maximum Gasteiger partial charge on any atom is 0.146 e. The molecule has 0 aromatic carbocycles. The lowest BCUT2D eigenvalue weighted by molar-refractivity contribution is 1.06. The van der Waals surface area contributed by atoms with Crippen molar-refractivity contribution in [1.29, 1.82) is 0 Å². The first-order valence-corrected chi connectivity index (χ1v) is 4.36. The molecule has 0 spiro atoms. The van der Waals surface area contributed by atoms with Crippen LogP contribution in [0.3, 0.4) is 0 Å². The minimum Gasteiger partial charge on any atom is -0.270 e. The fourth-order valence-corrected chi connectivity index (χ4v) is 2.30. The average molecular weight is 103 g/mol. The van der Waals surface area contributed by atoms with E-state index in [0.717, 1.165) is 8.67 Å². The number of hydrogen-bond acceptors (Lipinski definition) is 2. The Morgan fingerprint density at radius 2 is 2.80 bits per heavy atom. The van der Waals surface area contributed by atoms with E-state index in [-0.39, 0.29) is 0 Å². The first-order chi connectivity index (χ1) is 2.50. The summed E-state index contributed by atoms with van der Waals surface area (Å²) in [6, 6.07) is 1.38. The van der Waals surface area contributed by atoms with Gasteiger partial charge in [-0.1, -0.05) is 0 Å². The number of rotatable bonds is 0. The lowest BCUT2D eigenvalue weighted by Crippen LogP contribution is -1.91. The molecule has 0 atom stereocenters. The largest absolute Gasteiger partial charge is 0.270 e. The van der Waals surface area contributed by atoms with Crippen LogP contribution < -0.4 is 4.72 Å². The second kappa shape index (κ2) is 1.84. The van der Waals surface area contributed by atoms with E-state index in [9.17, 15) is 0 Å². The Kier molecular flexibility index (Phi) is 1.37. The topological polar surface area (TPSA) is 12.0 Å². The highest BCUT2D eigenvalue weighted by Crippen LogP contribution is 2.00. The van der Waals surface area contributed by atoms with Gasteiger partial charge in [0.05, 0.1) is 0 Å². The molecule has 1 heterocycles. The second-order valence-corrected chi connectivity index (χ2v) is 3.65. The van der Waals surface area contributed by atoms with Crippen LogP contribution in [0.4, 0.5) is 0 Å². The molecule has 0 aliphatic carbocycles. The van der Waals surface area contributed by atoms with Gasteiger partial charge in [0.1, 0.15) is 8.67 Å². The number of nitrogens with one attached hydrogen (secondary N) is 1. The Morgan fingerprint density at radius 1 is 1.80 bits per heavy atom. The minimum atomic E-state index is 1.11. The van der Waals surface area contributed by atoms with Gasteiger partial charge in [-0.25, -0.2) is 0 Å². The molecule has 5 heavy (non-hydrogen) atoms. The molecule has 1 aliphatic rings. The zero-order valence-corrected chi connectivity index (χ0v) is 4.64. The monoisotopic (exact) mass is 103 g/mol. The van der Waals surface area contributed by atoms with Gasteiger partial charge < -0.3 is 0 Å². The third-order valence-corrected chi connectivity index (χ3v) is 2.90. The fraction of sp³-hybridized carbons (Fsp3) is 1.00. The quantitative estimate of drug-likeness (QED) is 0.349. The van der Waals surface area contributed by atoms with Gasteiger partial charge in [-0.3, -0.25) is 4.72 Å². The molecule has 1 aliphatic heterocycles. The van der Waals surface area contributed by atoms with Gasteiger partial charge in [0, 0.05) is 6.54 Å². The van der Waals surface area contributed by atoms with Crippen molar-refractivity contribution in [1.82, 2.24) is 4.72 Å². The van der Waals surface area contributed by atoms with Gasteiger partial charge in [0.15, 0.2) is 0 Å². The van der Waals surface area contributed by atoms with E-state index in [1.165, 1.54) is 12.6 Å². The Balaban J connectivity index is 2.08. The zero-order valence-electron chi connectivity index (χ0n) is 2.82. The van der Waals surface area contributed by atoms with Crippen molar-refractivity contribution in [3.63, 3.8) is 0 Å². The van der Waals surface area contributed by atoms with Crippen LogP contribution in [0, 0.1) is 0 Å². The summed E-state index contributed by atoms with van der Waals surface area (Å²) in [5.74, 6) is 0. The van der Waals surface area contributed by atoms with Crippen LogP contribution in [0.2, 0.25) is 6.04 Å². The van der Waals surface area contributed by atoms with E-state index in [0.29, 0.717) is 0 Å². The summed E-state index contributed by atoms with van der Waals surface area (Å²) in [5.41, 5.74) is 0. The highest BCUT2D eigenvalue weighted by molar-refractivity contribution is 8.21. The molecule has 1 rings (SSSR count). The van der Waals surface area contributed by atoms with Crippen molar-refractivity contribution in [2.24, 2.45) is 0 Å². The Morgan fingerprint density at radius 3 is 3.00 bits per heavy atom. The minimum absolute atomic E-state index is 1.11. The van der Waals surface area contributed by atoms with Crippen molar-refractivity contribution >= 4 is 20.1 Å². The molecule has 28 valence electrons. The molecule has 0 aromatic rings. The lowest BCUT2D eigenvalue weighted by Gasteiger charge is -1.76. The van der Waals surface area contributed by atoms with Crippen LogP contribution in [0.25, 0.3) is 0 Å². The molecular formula is C2H5NSSi. The Labute approximate surface area is 38.1 Å². The van der Waals surface area contributed by atoms with Crippen LogP contribution in [0.1, 0.15) is 0 Å². The van der Waals surface area contributed by atoms with E-state index < -0.39 is 0 Å². The molecule has 0 bridgehead atoms. The predicted octanol–water partition coefficient (Wildman–Crippen LogP) is 0.275. The van der Waals surface area contributed by atoms with E-state index in [1.807, 2.05) is 11.4 Å². The molecule has 1 fully saturated rings. The Hall–Kier alpha value is 0.527. The summed E-state index contributed by atoms with van der Waals surface area (Å²) in [4.78, 5) is 0. The molecule has 3 heteroatoms. The molecule has 0 unspecified atom stereocenters. The maximum atomic E-state index is 3.15. The molecule has 0 saturated carbocycles. The lowest BCUT2D eigenvalue weighted by atomic mass is 10.8. The summed E-state index contributed by atoms with van der Waals surface area (Å²) in [5, 5.41) is 0. The van der Waals surface area contributed by atoms with Crippen LogP contribution >= 0.6 is 11.4 Å². The smallest absolute Gasteiger partial charge is 0.146 e. The molecular weight excluding hydrogens is 98.2 g/mol. The maximum absolute atomic E-state index is 3.15. The van der Waals surface area contributed by atoms with Crippen LogP contribution in [0.15, 0.2) is 0 Å². The fourth-order valence-electron chi connectivity index (χ4n) is 0.255. The van der Waals surface area contributed by atoms with Crippen LogP contribution in [-0.4, -0.2) is 15.2 Å². The van der Waals surface area contributed by atoms with E-state index in [4.69, 9.17) is 0 Å². The van der Waals surface area contributed by atoms with Crippen LogP contribution in [-0.2, 0) is 0 Å². The molecule has 0 aromatic heterocycles. The van der Waals surface area contributed by atoms with Gasteiger partial charge in [-0.15, -0.1) is 11.4 Å². The SMILES string of the molecule is C1C[Si]SN1. The summed E-state index contributed by atoms with van der Waals surface area (Å²) in [6.45, 7) is 1.23. The first-order valence-electron chi connectivity index (χ1n) is 1.62. The van der Waals surface area contributed by atoms with Crippen molar-refractivity contribution in [2.75, 3.05) is 6.54 Å². The summed E-state index contributed by atoms with van der Waals surface area (Å²) < 4.78 is 3.15. The zero-order chi connectivity index (χ0) is 3.54. The molecule has 1 nitrogen and oxygen atoms in total. The Bertz CT molecular complexity index is 21.2. The second-order valence-electron chi connectivity index (χ2n) is 0.891. The van der Waals surface area contributed by atoms with Gasteiger partial charge in [-0.2, -0.15) is 0 Å². The van der Waals surface area contributed by atoms with Crippen LogP contribution in [0.5, 0.6) is 0 Å². The van der Waals surface area contributed by atoms with Gasteiger partial charge >= 0.3 is 0 Å².